The van der Waals surface area contributed by atoms with Gasteiger partial charge < -0.3 is 15.7 Å². The molecule has 0 atom stereocenters. The van der Waals surface area contributed by atoms with Gasteiger partial charge in [-0.05, 0) is 18.2 Å². The molecule has 2 rings (SSSR count). The number of nitrogens with zero attached hydrogens (tertiary/aromatic N) is 1. The van der Waals surface area contributed by atoms with Crippen LogP contribution >= 0.6 is 11.3 Å². The van der Waals surface area contributed by atoms with Gasteiger partial charge in [0.15, 0.2) is 0 Å². The lowest BCUT2D eigenvalue weighted by atomic mass is 10.2. The van der Waals surface area contributed by atoms with Gasteiger partial charge in [-0.3, -0.25) is 4.98 Å². The Hall–Kier alpha value is -2.48. The zero-order valence-electron chi connectivity index (χ0n) is 10.1. The molecular formula is C12H10FN3O3S. The molecule has 1 aromatic carbocycles. The Kier molecular flexibility index (Phi) is 4.26. The lowest BCUT2D eigenvalue weighted by Gasteiger charge is -2.07. The SMILES string of the molecule is O=C(NCc1cncs1)Nc1ccc(C(=O)O)c(F)c1. The summed E-state index contributed by atoms with van der Waals surface area (Å²) in [4.78, 5) is 27.0. The molecular weight excluding hydrogens is 285 g/mol. The highest BCUT2D eigenvalue weighted by Crippen LogP contribution is 2.14. The van der Waals surface area contributed by atoms with E-state index in [1.54, 1.807) is 11.7 Å². The minimum Gasteiger partial charge on any atom is -0.478 e. The first-order chi connectivity index (χ1) is 9.56. The van der Waals surface area contributed by atoms with Crippen molar-refractivity contribution in [2.24, 2.45) is 0 Å². The van der Waals surface area contributed by atoms with Crippen LogP contribution in [0.1, 0.15) is 15.2 Å². The molecule has 2 aromatic rings. The van der Waals surface area contributed by atoms with Crippen LogP contribution in [-0.2, 0) is 6.54 Å². The highest BCUT2D eigenvalue weighted by atomic mass is 32.1. The van der Waals surface area contributed by atoms with Gasteiger partial charge in [-0.15, -0.1) is 11.3 Å². The van der Waals surface area contributed by atoms with Crippen molar-refractivity contribution < 1.29 is 19.1 Å². The first kappa shape index (κ1) is 13.9. The van der Waals surface area contributed by atoms with Crippen LogP contribution in [0, 0.1) is 5.82 Å². The summed E-state index contributed by atoms with van der Waals surface area (Å²) >= 11 is 1.40. The number of urea groups is 1. The van der Waals surface area contributed by atoms with Crippen LogP contribution in [-0.4, -0.2) is 22.1 Å². The van der Waals surface area contributed by atoms with Gasteiger partial charge >= 0.3 is 12.0 Å². The molecule has 0 radical (unpaired) electrons. The van der Waals surface area contributed by atoms with Gasteiger partial charge in [0.05, 0.1) is 17.6 Å². The zero-order valence-corrected chi connectivity index (χ0v) is 10.9. The number of amides is 2. The van der Waals surface area contributed by atoms with E-state index in [4.69, 9.17) is 5.11 Å². The van der Waals surface area contributed by atoms with Crippen molar-refractivity contribution in [3.63, 3.8) is 0 Å². The molecule has 8 heteroatoms. The maximum Gasteiger partial charge on any atom is 0.338 e. The minimum absolute atomic E-state index is 0.175. The van der Waals surface area contributed by atoms with Crippen LogP contribution in [0.25, 0.3) is 0 Å². The highest BCUT2D eigenvalue weighted by molar-refractivity contribution is 7.09. The Morgan fingerprint density at radius 1 is 1.40 bits per heavy atom. The second-order valence-corrected chi connectivity index (χ2v) is 4.75. The van der Waals surface area contributed by atoms with E-state index < -0.39 is 23.4 Å². The van der Waals surface area contributed by atoms with E-state index in [0.29, 0.717) is 6.54 Å². The Bertz CT molecular complexity index is 631. The fraction of sp³-hybridized carbons (Fsp3) is 0.0833. The third-order valence-corrected chi connectivity index (χ3v) is 3.14. The number of hydrogen-bond donors (Lipinski definition) is 3. The number of thiazole rings is 1. The largest absolute Gasteiger partial charge is 0.478 e. The number of nitrogens with one attached hydrogen (secondary N) is 2. The third-order valence-electron chi connectivity index (χ3n) is 2.36. The predicted molar refractivity (Wildman–Crippen MR) is 71.3 cm³/mol. The molecule has 0 aliphatic carbocycles. The van der Waals surface area contributed by atoms with Crippen LogP contribution in [0.5, 0.6) is 0 Å². The summed E-state index contributed by atoms with van der Waals surface area (Å²) in [6.45, 7) is 0.312. The molecule has 0 saturated carbocycles. The van der Waals surface area contributed by atoms with Gasteiger partial charge in [0.2, 0.25) is 0 Å². The lowest BCUT2D eigenvalue weighted by molar-refractivity contribution is 0.0692. The van der Waals surface area contributed by atoms with E-state index in [-0.39, 0.29) is 5.69 Å². The maximum atomic E-state index is 13.4. The van der Waals surface area contributed by atoms with E-state index in [1.807, 2.05) is 0 Å². The van der Waals surface area contributed by atoms with Gasteiger partial charge in [-0.1, -0.05) is 0 Å². The number of rotatable bonds is 4. The number of hydrogen-bond acceptors (Lipinski definition) is 4. The Balaban J connectivity index is 1.94. The van der Waals surface area contributed by atoms with E-state index >= 15 is 0 Å². The maximum absolute atomic E-state index is 13.4. The molecule has 0 aliphatic rings. The van der Waals surface area contributed by atoms with Crippen LogP contribution in [0.15, 0.2) is 29.9 Å². The quantitative estimate of drug-likeness (QED) is 0.807. The van der Waals surface area contributed by atoms with Crippen molar-refractivity contribution in [2.75, 3.05) is 5.32 Å². The molecule has 0 unspecified atom stereocenters. The van der Waals surface area contributed by atoms with Crippen LogP contribution < -0.4 is 10.6 Å². The van der Waals surface area contributed by atoms with Crippen LogP contribution in [0.4, 0.5) is 14.9 Å². The average molecular weight is 295 g/mol. The fourth-order valence-electron chi connectivity index (χ4n) is 1.44. The number of carbonyl (C=O) groups excluding carboxylic acids is 1. The molecule has 2 amide bonds. The van der Waals surface area contributed by atoms with Crippen LogP contribution in [0.3, 0.4) is 0 Å². The minimum atomic E-state index is -1.36. The second kappa shape index (κ2) is 6.11. The molecule has 104 valence electrons. The van der Waals surface area contributed by atoms with Crippen LogP contribution in [0.2, 0.25) is 0 Å². The van der Waals surface area contributed by atoms with E-state index in [0.717, 1.165) is 17.0 Å². The summed E-state index contributed by atoms with van der Waals surface area (Å²) in [7, 11) is 0. The van der Waals surface area contributed by atoms with Crippen molar-refractivity contribution in [3.8, 4) is 0 Å². The predicted octanol–water partition coefficient (Wildman–Crippen LogP) is 2.30. The normalized spacial score (nSPS) is 10.1. The van der Waals surface area contributed by atoms with Gasteiger partial charge in [0.25, 0.3) is 0 Å². The second-order valence-electron chi connectivity index (χ2n) is 3.78. The molecule has 0 bridgehead atoms. The van der Waals surface area contributed by atoms with Gasteiger partial charge in [0, 0.05) is 16.8 Å². The fourth-order valence-corrected chi connectivity index (χ4v) is 1.97. The molecule has 20 heavy (non-hydrogen) atoms. The summed E-state index contributed by atoms with van der Waals surface area (Å²) < 4.78 is 13.4. The summed E-state index contributed by atoms with van der Waals surface area (Å²) in [5, 5.41) is 13.7. The van der Waals surface area contributed by atoms with E-state index in [9.17, 15) is 14.0 Å². The number of halogens is 1. The average Bonchev–Trinajstić information content (AvgIpc) is 2.89. The van der Waals surface area contributed by atoms with Gasteiger partial charge in [0.1, 0.15) is 5.82 Å². The number of carboxylic acids is 1. The molecule has 6 nitrogen and oxygen atoms in total. The molecule has 0 fully saturated rings. The van der Waals surface area contributed by atoms with Crippen molar-refractivity contribution in [2.45, 2.75) is 6.54 Å². The standard InChI is InChI=1S/C12H10FN3O3S/c13-10-3-7(1-2-9(10)11(17)18)16-12(19)15-5-8-4-14-6-20-8/h1-4,6H,5H2,(H,17,18)(H2,15,16,19). The molecule has 0 spiro atoms. The first-order valence-electron chi connectivity index (χ1n) is 5.51. The topological polar surface area (TPSA) is 91.3 Å². The molecule has 0 aliphatic heterocycles. The number of carboxylic acid groups (broad SMARTS) is 1. The number of benzene rings is 1. The Labute approximate surface area is 117 Å². The Morgan fingerprint density at radius 2 is 2.20 bits per heavy atom. The van der Waals surface area contributed by atoms with Gasteiger partial charge in [-0.25, -0.2) is 14.0 Å². The highest BCUT2D eigenvalue weighted by Gasteiger charge is 2.11. The summed E-state index contributed by atoms with van der Waals surface area (Å²) in [5.74, 6) is -2.26. The number of carbonyl (C=O) groups is 2. The monoisotopic (exact) mass is 295 g/mol. The van der Waals surface area contributed by atoms with E-state index in [2.05, 4.69) is 15.6 Å². The van der Waals surface area contributed by atoms with Crippen molar-refractivity contribution in [3.05, 3.63) is 46.2 Å². The first-order valence-corrected chi connectivity index (χ1v) is 6.39. The smallest absolute Gasteiger partial charge is 0.338 e. The summed E-state index contributed by atoms with van der Waals surface area (Å²) in [5.41, 5.74) is 1.38. The van der Waals surface area contributed by atoms with Crippen molar-refractivity contribution in [1.82, 2.24) is 10.3 Å². The molecule has 3 N–H and O–H groups in total. The number of anilines is 1. The van der Waals surface area contributed by atoms with Gasteiger partial charge in [-0.2, -0.15) is 0 Å². The number of aromatic carboxylic acids is 1. The Morgan fingerprint density at radius 3 is 2.80 bits per heavy atom. The third kappa shape index (κ3) is 3.51. The molecule has 0 saturated heterocycles. The molecule has 1 heterocycles. The lowest BCUT2D eigenvalue weighted by Crippen LogP contribution is -2.27. The zero-order chi connectivity index (χ0) is 14.5. The molecule has 1 aromatic heterocycles. The summed E-state index contributed by atoms with van der Waals surface area (Å²) in [6, 6.07) is 2.85. The van der Waals surface area contributed by atoms with Crippen molar-refractivity contribution in [1.29, 1.82) is 0 Å². The van der Waals surface area contributed by atoms with Crippen molar-refractivity contribution >= 4 is 29.0 Å². The number of aromatic nitrogens is 1. The summed E-state index contributed by atoms with van der Waals surface area (Å²) in [6.07, 6.45) is 1.63. The van der Waals surface area contributed by atoms with E-state index in [1.165, 1.54) is 17.4 Å².